The van der Waals surface area contributed by atoms with Gasteiger partial charge in [-0.05, 0) is 37.8 Å². The van der Waals surface area contributed by atoms with Crippen LogP contribution in [0, 0.1) is 0 Å². The summed E-state index contributed by atoms with van der Waals surface area (Å²) in [5, 5.41) is 4.01. The van der Waals surface area contributed by atoms with Crippen LogP contribution in [-0.4, -0.2) is 30.1 Å². The topological polar surface area (TPSA) is 34.2 Å². The molecule has 1 aliphatic rings. The number of pyridine rings is 1. The smallest absolute Gasteiger partial charge is 0.142 e. The third-order valence-electron chi connectivity index (χ3n) is 3.21. The molecule has 0 amide bonds. The van der Waals surface area contributed by atoms with Crippen molar-refractivity contribution in [1.82, 2.24) is 10.3 Å². The summed E-state index contributed by atoms with van der Waals surface area (Å²) >= 11 is 2.05. The monoisotopic (exact) mass is 252 g/mol. The van der Waals surface area contributed by atoms with Crippen molar-refractivity contribution in [2.45, 2.75) is 30.6 Å². The average molecular weight is 252 g/mol. The van der Waals surface area contributed by atoms with Gasteiger partial charge in [-0.15, -0.1) is 0 Å². The standard InChI is InChI=1S/C13H20N2OS/c1-14-13(11-7-3-4-9-17-11)12-10(16-2)6-5-8-15-12/h5-6,8,11,13-14H,3-4,7,9H2,1-2H3. The minimum absolute atomic E-state index is 0.288. The Labute approximate surface area is 107 Å². The number of hydrogen-bond donors (Lipinski definition) is 1. The summed E-state index contributed by atoms with van der Waals surface area (Å²) in [6.07, 6.45) is 5.77. The van der Waals surface area contributed by atoms with Crippen molar-refractivity contribution < 1.29 is 4.74 Å². The van der Waals surface area contributed by atoms with Crippen molar-refractivity contribution in [3.05, 3.63) is 24.0 Å². The number of rotatable bonds is 4. The predicted molar refractivity (Wildman–Crippen MR) is 72.7 cm³/mol. The second-order valence-electron chi connectivity index (χ2n) is 4.26. The molecule has 1 saturated heterocycles. The number of ether oxygens (including phenoxy) is 1. The molecular weight excluding hydrogens is 232 g/mol. The van der Waals surface area contributed by atoms with Gasteiger partial charge in [-0.3, -0.25) is 4.98 Å². The van der Waals surface area contributed by atoms with Gasteiger partial charge < -0.3 is 10.1 Å². The van der Waals surface area contributed by atoms with E-state index in [0.717, 1.165) is 11.4 Å². The predicted octanol–water partition coefficient (Wildman–Crippen LogP) is 2.64. The normalized spacial score (nSPS) is 22.1. The Morgan fingerprint density at radius 2 is 2.41 bits per heavy atom. The van der Waals surface area contributed by atoms with Gasteiger partial charge in [0.25, 0.3) is 0 Å². The first-order valence-electron chi connectivity index (χ1n) is 6.14. The molecule has 0 saturated carbocycles. The van der Waals surface area contributed by atoms with Crippen LogP contribution < -0.4 is 10.1 Å². The molecule has 0 radical (unpaired) electrons. The van der Waals surface area contributed by atoms with Crippen LogP contribution in [0.4, 0.5) is 0 Å². The van der Waals surface area contributed by atoms with E-state index in [0.29, 0.717) is 5.25 Å². The largest absolute Gasteiger partial charge is 0.495 e. The first-order valence-corrected chi connectivity index (χ1v) is 7.19. The van der Waals surface area contributed by atoms with Crippen LogP contribution in [-0.2, 0) is 0 Å². The van der Waals surface area contributed by atoms with Gasteiger partial charge in [0.05, 0.1) is 13.2 Å². The minimum atomic E-state index is 0.288. The number of nitrogens with one attached hydrogen (secondary N) is 1. The number of thioether (sulfide) groups is 1. The Hall–Kier alpha value is -0.740. The molecule has 1 aliphatic heterocycles. The summed E-state index contributed by atoms with van der Waals surface area (Å²) in [6.45, 7) is 0. The molecule has 0 bridgehead atoms. The van der Waals surface area contributed by atoms with Crippen molar-refractivity contribution in [2.75, 3.05) is 19.9 Å². The van der Waals surface area contributed by atoms with Gasteiger partial charge >= 0.3 is 0 Å². The molecular formula is C13H20N2OS. The van der Waals surface area contributed by atoms with Gasteiger partial charge in [0.2, 0.25) is 0 Å². The van der Waals surface area contributed by atoms with Crippen LogP contribution >= 0.6 is 11.8 Å². The minimum Gasteiger partial charge on any atom is -0.495 e. The summed E-state index contributed by atoms with van der Waals surface area (Å²) in [4.78, 5) is 4.50. The van der Waals surface area contributed by atoms with E-state index >= 15 is 0 Å². The molecule has 1 fully saturated rings. The van der Waals surface area contributed by atoms with Gasteiger partial charge in [-0.25, -0.2) is 0 Å². The van der Waals surface area contributed by atoms with Crippen LogP contribution in [0.5, 0.6) is 5.75 Å². The maximum Gasteiger partial charge on any atom is 0.142 e. The lowest BCUT2D eigenvalue weighted by Gasteiger charge is -2.29. The second kappa shape index (κ2) is 6.26. The zero-order valence-electron chi connectivity index (χ0n) is 10.5. The molecule has 3 nitrogen and oxygen atoms in total. The van der Waals surface area contributed by atoms with E-state index in [1.807, 2.05) is 25.4 Å². The fourth-order valence-corrected chi connectivity index (χ4v) is 3.80. The summed E-state index contributed by atoms with van der Waals surface area (Å²) in [5.74, 6) is 2.15. The first-order chi connectivity index (χ1) is 8.36. The summed E-state index contributed by atoms with van der Waals surface area (Å²) in [5.41, 5.74) is 1.04. The van der Waals surface area contributed by atoms with Crippen molar-refractivity contribution >= 4 is 11.8 Å². The molecule has 1 aromatic heterocycles. The van der Waals surface area contributed by atoms with E-state index in [4.69, 9.17) is 4.74 Å². The molecule has 2 atom stereocenters. The highest BCUT2D eigenvalue weighted by Gasteiger charge is 2.27. The Morgan fingerprint density at radius 3 is 3.06 bits per heavy atom. The lowest BCUT2D eigenvalue weighted by Crippen LogP contribution is -2.30. The van der Waals surface area contributed by atoms with Gasteiger partial charge in [0.15, 0.2) is 0 Å². The van der Waals surface area contributed by atoms with Gasteiger partial charge in [0.1, 0.15) is 11.4 Å². The summed E-state index contributed by atoms with van der Waals surface area (Å²) in [7, 11) is 3.72. The zero-order chi connectivity index (χ0) is 12.1. The van der Waals surface area contributed by atoms with Gasteiger partial charge in [-0.2, -0.15) is 11.8 Å². The molecule has 2 heterocycles. The molecule has 4 heteroatoms. The van der Waals surface area contributed by atoms with Crippen molar-refractivity contribution in [3.8, 4) is 5.75 Å². The molecule has 2 unspecified atom stereocenters. The summed E-state index contributed by atoms with van der Waals surface area (Å²) < 4.78 is 5.41. The molecule has 17 heavy (non-hydrogen) atoms. The number of aromatic nitrogens is 1. The molecule has 0 spiro atoms. The highest BCUT2D eigenvalue weighted by atomic mass is 32.2. The second-order valence-corrected chi connectivity index (χ2v) is 5.61. The van der Waals surface area contributed by atoms with Crippen LogP contribution in [0.1, 0.15) is 31.0 Å². The van der Waals surface area contributed by atoms with E-state index in [-0.39, 0.29) is 6.04 Å². The highest BCUT2D eigenvalue weighted by molar-refractivity contribution is 8.00. The van der Waals surface area contributed by atoms with Gasteiger partial charge in [-0.1, -0.05) is 6.42 Å². The molecule has 1 N–H and O–H groups in total. The molecule has 2 rings (SSSR count). The van der Waals surface area contributed by atoms with E-state index in [1.165, 1.54) is 25.0 Å². The molecule has 0 aliphatic carbocycles. The molecule has 1 aromatic rings. The fraction of sp³-hybridized carbons (Fsp3) is 0.615. The third kappa shape index (κ3) is 2.93. The number of hydrogen-bond acceptors (Lipinski definition) is 4. The molecule has 0 aromatic carbocycles. The van der Waals surface area contributed by atoms with E-state index < -0.39 is 0 Å². The number of nitrogens with zero attached hydrogens (tertiary/aromatic N) is 1. The highest BCUT2D eigenvalue weighted by Crippen LogP contribution is 2.36. The molecule has 94 valence electrons. The van der Waals surface area contributed by atoms with Crippen molar-refractivity contribution in [1.29, 1.82) is 0 Å². The Kier molecular flexibility index (Phi) is 4.68. The quantitative estimate of drug-likeness (QED) is 0.893. The lowest BCUT2D eigenvalue weighted by atomic mass is 10.0. The van der Waals surface area contributed by atoms with Crippen molar-refractivity contribution in [2.24, 2.45) is 0 Å². The van der Waals surface area contributed by atoms with E-state index in [1.54, 1.807) is 7.11 Å². The average Bonchev–Trinajstić information content (AvgIpc) is 2.41. The summed E-state index contributed by atoms with van der Waals surface area (Å²) in [6, 6.07) is 4.19. The first kappa shape index (κ1) is 12.7. The zero-order valence-corrected chi connectivity index (χ0v) is 11.3. The van der Waals surface area contributed by atoms with Crippen molar-refractivity contribution in [3.63, 3.8) is 0 Å². The van der Waals surface area contributed by atoms with Gasteiger partial charge in [0, 0.05) is 11.4 Å². The van der Waals surface area contributed by atoms with Crippen LogP contribution in [0.2, 0.25) is 0 Å². The van der Waals surface area contributed by atoms with E-state index in [9.17, 15) is 0 Å². The SMILES string of the molecule is CNC(c1ncccc1OC)C1CCCCS1. The Balaban J connectivity index is 2.21. The fourth-order valence-electron chi connectivity index (χ4n) is 2.34. The van der Waals surface area contributed by atoms with Crippen LogP contribution in [0.15, 0.2) is 18.3 Å². The van der Waals surface area contributed by atoms with E-state index in [2.05, 4.69) is 22.1 Å². The maximum atomic E-state index is 5.41. The van der Waals surface area contributed by atoms with Crippen LogP contribution in [0.3, 0.4) is 0 Å². The number of methoxy groups -OCH3 is 1. The lowest BCUT2D eigenvalue weighted by molar-refractivity contribution is 0.392. The maximum absolute atomic E-state index is 5.41. The Bertz CT molecular complexity index is 353. The third-order valence-corrected chi connectivity index (χ3v) is 4.67. The Morgan fingerprint density at radius 1 is 1.53 bits per heavy atom. The van der Waals surface area contributed by atoms with Crippen LogP contribution in [0.25, 0.3) is 0 Å².